The lowest BCUT2D eigenvalue weighted by atomic mass is 9.93. The molecule has 1 saturated heterocycles. The third-order valence-electron chi connectivity index (χ3n) is 6.41. The molecule has 0 unspecified atom stereocenters. The minimum absolute atomic E-state index is 0.112. The minimum Gasteiger partial charge on any atom is -0.403 e. The van der Waals surface area contributed by atoms with Crippen molar-refractivity contribution in [3.63, 3.8) is 0 Å². The molecule has 1 N–H and O–H groups in total. The van der Waals surface area contributed by atoms with Gasteiger partial charge in [0, 0.05) is 18.7 Å². The molecule has 27 heavy (non-hydrogen) atoms. The van der Waals surface area contributed by atoms with Crippen molar-refractivity contribution >= 4 is 11.9 Å². The van der Waals surface area contributed by atoms with Crippen LogP contribution in [-0.4, -0.2) is 40.1 Å². The number of hydrogen-bond donors (Lipinski definition) is 1. The van der Waals surface area contributed by atoms with Gasteiger partial charge < -0.3 is 14.6 Å². The normalized spacial score (nSPS) is 21.9. The number of anilines is 1. The highest BCUT2D eigenvalue weighted by molar-refractivity contribution is 5.83. The molecule has 3 fully saturated rings. The number of likely N-dealkylation sites (tertiary alicyclic amines) is 1. The lowest BCUT2D eigenvalue weighted by molar-refractivity contribution is -0.133. The smallest absolute Gasteiger partial charge is 0.316 e. The van der Waals surface area contributed by atoms with E-state index in [4.69, 9.17) is 4.42 Å². The molecular formula is C21H26N4O2. The van der Waals surface area contributed by atoms with Gasteiger partial charge in [-0.3, -0.25) is 4.79 Å². The van der Waals surface area contributed by atoms with Crippen LogP contribution in [0.5, 0.6) is 0 Å². The molecule has 2 aromatic rings. The predicted octanol–water partition coefficient (Wildman–Crippen LogP) is 3.82. The van der Waals surface area contributed by atoms with E-state index in [9.17, 15) is 4.79 Å². The number of piperidine rings is 1. The second-order valence-electron chi connectivity index (χ2n) is 8.50. The lowest BCUT2D eigenvalue weighted by Gasteiger charge is -2.33. The second kappa shape index (κ2) is 6.36. The summed E-state index contributed by atoms with van der Waals surface area (Å²) in [6, 6.07) is 8.24. The molecule has 0 radical (unpaired) electrons. The van der Waals surface area contributed by atoms with Gasteiger partial charge in [-0.1, -0.05) is 17.2 Å². The van der Waals surface area contributed by atoms with Gasteiger partial charge in [0.1, 0.15) is 6.04 Å². The molecule has 6 heteroatoms. The Morgan fingerprint density at radius 1 is 1.22 bits per heavy atom. The minimum atomic E-state index is -0.371. The number of nitrogens with one attached hydrogen (secondary N) is 1. The third kappa shape index (κ3) is 3.45. The van der Waals surface area contributed by atoms with E-state index < -0.39 is 0 Å². The molecule has 1 atom stereocenters. The molecule has 1 aromatic heterocycles. The molecular weight excluding hydrogens is 340 g/mol. The van der Waals surface area contributed by atoms with Crippen molar-refractivity contribution in [3.05, 3.63) is 29.8 Å². The van der Waals surface area contributed by atoms with Crippen LogP contribution >= 0.6 is 0 Å². The Labute approximate surface area is 159 Å². The van der Waals surface area contributed by atoms with Crippen molar-refractivity contribution < 1.29 is 9.21 Å². The Bertz CT molecular complexity index is 843. The number of benzene rings is 1. The van der Waals surface area contributed by atoms with Gasteiger partial charge in [-0.15, -0.1) is 5.10 Å². The maximum Gasteiger partial charge on any atom is 0.316 e. The van der Waals surface area contributed by atoms with Crippen LogP contribution < -0.4 is 5.32 Å². The molecule has 2 saturated carbocycles. The number of carbonyl (C=O) groups excluding carboxylic acids is 1. The van der Waals surface area contributed by atoms with E-state index >= 15 is 0 Å². The molecule has 5 rings (SSSR count). The molecule has 1 amide bonds. The topological polar surface area (TPSA) is 71.3 Å². The van der Waals surface area contributed by atoms with Crippen LogP contribution in [0, 0.1) is 5.41 Å². The summed E-state index contributed by atoms with van der Waals surface area (Å²) in [5.74, 6) is 1.29. The number of nitrogens with zero attached hydrogens (tertiary/aromatic N) is 3. The van der Waals surface area contributed by atoms with Crippen LogP contribution in [0.3, 0.4) is 0 Å². The summed E-state index contributed by atoms with van der Waals surface area (Å²) in [5, 5.41) is 11.3. The van der Waals surface area contributed by atoms with Gasteiger partial charge in [-0.05, 0) is 74.5 Å². The highest BCUT2D eigenvalue weighted by atomic mass is 16.4. The predicted molar refractivity (Wildman–Crippen MR) is 102 cm³/mol. The van der Waals surface area contributed by atoms with Gasteiger partial charge >= 0.3 is 6.01 Å². The van der Waals surface area contributed by atoms with Gasteiger partial charge in [0.15, 0.2) is 0 Å². The quantitative estimate of drug-likeness (QED) is 0.871. The van der Waals surface area contributed by atoms with Gasteiger partial charge in [-0.25, -0.2) is 0 Å². The molecule has 2 aliphatic carbocycles. The SMILES string of the molecule is C[C@H](Nc1nnc(-c2cccc(C3CC3)c2)o1)C(=O)N1CCC2(CC1)CC2. The van der Waals surface area contributed by atoms with Crippen molar-refractivity contribution in [2.24, 2.45) is 5.41 Å². The van der Waals surface area contributed by atoms with E-state index in [0.29, 0.717) is 23.2 Å². The van der Waals surface area contributed by atoms with E-state index in [1.54, 1.807) is 0 Å². The number of amides is 1. The molecule has 3 aliphatic rings. The van der Waals surface area contributed by atoms with Crippen LogP contribution in [0.2, 0.25) is 0 Å². The Morgan fingerprint density at radius 2 is 2.00 bits per heavy atom. The molecule has 1 spiro atoms. The van der Waals surface area contributed by atoms with Crippen molar-refractivity contribution in [3.8, 4) is 11.5 Å². The standard InChI is InChI=1S/C21H26N4O2/c1-14(19(26)25-11-9-21(7-8-21)10-12-25)22-20-24-23-18(27-20)17-4-2-3-16(13-17)15-5-6-15/h2-4,13-15H,5-12H2,1H3,(H,22,24)/t14-/m0/s1. The monoisotopic (exact) mass is 366 g/mol. The molecule has 2 heterocycles. The van der Waals surface area contributed by atoms with Crippen LogP contribution in [-0.2, 0) is 4.79 Å². The Morgan fingerprint density at radius 3 is 2.70 bits per heavy atom. The van der Waals surface area contributed by atoms with Crippen LogP contribution in [0.1, 0.15) is 56.9 Å². The van der Waals surface area contributed by atoms with Crippen molar-refractivity contribution in [2.75, 3.05) is 18.4 Å². The van der Waals surface area contributed by atoms with Crippen molar-refractivity contribution in [2.45, 2.75) is 57.4 Å². The highest BCUT2D eigenvalue weighted by Gasteiger charge is 2.45. The van der Waals surface area contributed by atoms with E-state index in [0.717, 1.165) is 31.5 Å². The zero-order valence-corrected chi connectivity index (χ0v) is 15.8. The van der Waals surface area contributed by atoms with Crippen LogP contribution in [0.25, 0.3) is 11.5 Å². The highest BCUT2D eigenvalue weighted by Crippen LogP contribution is 2.53. The first-order valence-electron chi connectivity index (χ1n) is 10.1. The fourth-order valence-corrected chi connectivity index (χ4v) is 4.14. The molecule has 142 valence electrons. The summed E-state index contributed by atoms with van der Waals surface area (Å²) in [7, 11) is 0. The summed E-state index contributed by atoms with van der Waals surface area (Å²) in [6.07, 6.45) is 7.50. The van der Waals surface area contributed by atoms with E-state index in [-0.39, 0.29) is 11.9 Å². The largest absolute Gasteiger partial charge is 0.403 e. The Hall–Kier alpha value is -2.37. The van der Waals surface area contributed by atoms with Crippen molar-refractivity contribution in [1.29, 1.82) is 0 Å². The van der Waals surface area contributed by atoms with Crippen LogP contribution in [0.15, 0.2) is 28.7 Å². The maximum atomic E-state index is 12.7. The van der Waals surface area contributed by atoms with E-state index in [1.165, 1.54) is 31.2 Å². The summed E-state index contributed by atoms with van der Waals surface area (Å²) in [5.41, 5.74) is 2.84. The lowest BCUT2D eigenvalue weighted by Crippen LogP contribution is -2.45. The second-order valence-corrected chi connectivity index (χ2v) is 8.50. The summed E-state index contributed by atoms with van der Waals surface area (Å²) in [4.78, 5) is 14.7. The van der Waals surface area contributed by atoms with E-state index in [1.807, 2.05) is 24.0 Å². The third-order valence-corrected chi connectivity index (χ3v) is 6.41. The summed E-state index contributed by atoms with van der Waals surface area (Å²) >= 11 is 0. The molecule has 1 aromatic carbocycles. The Balaban J connectivity index is 1.22. The van der Waals surface area contributed by atoms with Gasteiger partial charge in [0.25, 0.3) is 0 Å². The first-order valence-corrected chi connectivity index (χ1v) is 10.1. The fraction of sp³-hybridized carbons (Fsp3) is 0.571. The first kappa shape index (κ1) is 16.8. The van der Waals surface area contributed by atoms with Gasteiger partial charge in [0.2, 0.25) is 11.8 Å². The van der Waals surface area contributed by atoms with E-state index in [2.05, 4.69) is 27.6 Å². The molecule has 0 bridgehead atoms. The summed E-state index contributed by atoms with van der Waals surface area (Å²) in [6.45, 7) is 3.60. The fourth-order valence-electron chi connectivity index (χ4n) is 4.14. The number of hydrogen-bond acceptors (Lipinski definition) is 5. The average Bonchev–Trinajstić information content (AvgIpc) is 3.62. The number of carbonyl (C=O) groups is 1. The zero-order chi connectivity index (χ0) is 18.4. The number of aromatic nitrogens is 2. The van der Waals surface area contributed by atoms with Gasteiger partial charge in [-0.2, -0.15) is 0 Å². The van der Waals surface area contributed by atoms with Gasteiger partial charge in [0.05, 0.1) is 0 Å². The average molecular weight is 366 g/mol. The molecule has 6 nitrogen and oxygen atoms in total. The first-order chi connectivity index (χ1) is 13.1. The number of rotatable bonds is 5. The Kier molecular flexibility index (Phi) is 3.95. The summed E-state index contributed by atoms with van der Waals surface area (Å²) < 4.78 is 5.77. The maximum absolute atomic E-state index is 12.7. The molecule has 1 aliphatic heterocycles. The van der Waals surface area contributed by atoms with Crippen LogP contribution in [0.4, 0.5) is 6.01 Å². The zero-order valence-electron chi connectivity index (χ0n) is 15.8. The van der Waals surface area contributed by atoms with Crippen molar-refractivity contribution in [1.82, 2.24) is 15.1 Å².